The van der Waals surface area contributed by atoms with E-state index in [1.807, 2.05) is 37.2 Å². The second kappa shape index (κ2) is 6.81. The average molecular weight is 282 g/mol. The van der Waals surface area contributed by atoms with E-state index in [1.54, 1.807) is 36.4 Å². The van der Waals surface area contributed by atoms with Gasteiger partial charge in [0.1, 0.15) is 0 Å². The van der Waals surface area contributed by atoms with E-state index in [9.17, 15) is 9.59 Å². The van der Waals surface area contributed by atoms with Crippen LogP contribution in [0.5, 0.6) is 0 Å². The van der Waals surface area contributed by atoms with Crippen LogP contribution in [0, 0.1) is 0 Å². The number of nitrogens with one attached hydrogen (secondary N) is 1. The molecule has 1 N–H and O–H groups in total. The Hall–Kier alpha value is -2.46. The van der Waals surface area contributed by atoms with E-state index in [1.165, 1.54) is 0 Å². The van der Waals surface area contributed by atoms with Gasteiger partial charge in [-0.25, -0.2) is 0 Å². The van der Waals surface area contributed by atoms with Gasteiger partial charge in [0.05, 0.1) is 6.54 Å². The second-order valence-electron chi connectivity index (χ2n) is 5.06. The largest absolute Gasteiger partial charge is 0.322 e. The van der Waals surface area contributed by atoms with Crippen molar-refractivity contribution in [3.05, 3.63) is 65.7 Å². The number of Topliss-reactive ketones (excluding diaryl/α,β-unsaturated/α-hetero) is 1. The van der Waals surface area contributed by atoms with Gasteiger partial charge in [-0.05, 0) is 38.4 Å². The fourth-order valence-corrected chi connectivity index (χ4v) is 1.94. The van der Waals surface area contributed by atoms with Crippen molar-refractivity contribution in [1.82, 2.24) is 4.90 Å². The van der Waals surface area contributed by atoms with Gasteiger partial charge in [0, 0.05) is 16.8 Å². The Morgan fingerprint density at radius 2 is 1.62 bits per heavy atom. The predicted octanol–water partition coefficient (Wildman–Crippen LogP) is 2.68. The number of nitrogens with zero attached hydrogens (tertiary/aromatic N) is 1. The molecular formula is C17H18N2O2. The minimum Gasteiger partial charge on any atom is -0.322 e. The Kier molecular flexibility index (Phi) is 4.85. The van der Waals surface area contributed by atoms with E-state index >= 15 is 0 Å². The molecule has 4 heteroatoms. The SMILES string of the molecule is CN(C)CC(=O)c1cccc(NC(=O)c2ccccc2)c1. The Morgan fingerprint density at radius 1 is 0.952 bits per heavy atom. The number of anilines is 1. The first-order valence-electron chi connectivity index (χ1n) is 6.70. The molecule has 0 aromatic heterocycles. The summed E-state index contributed by atoms with van der Waals surface area (Å²) in [6.07, 6.45) is 0. The third kappa shape index (κ3) is 4.26. The van der Waals surface area contributed by atoms with Crippen LogP contribution in [0.1, 0.15) is 20.7 Å². The lowest BCUT2D eigenvalue weighted by molar-refractivity contribution is 0.0956. The molecule has 0 heterocycles. The normalized spacial score (nSPS) is 10.4. The summed E-state index contributed by atoms with van der Waals surface area (Å²) >= 11 is 0. The molecule has 2 rings (SSSR count). The van der Waals surface area contributed by atoms with Crippen LogP contribution in [0.15, 0.2) is 54.6 Å². The van der Waals surface area contributed by atoms with Crippen molar-refractivity contribution in [1.29, 1.82) is 0 Å². The van der Waals surface area contributed by atoms with E-state index in [-0.39, 0.29) is 11.7 Å². The molecule has 0 saturated heterocycles. The Balaban J connectivity index is 2.11. The summed E-state index contributed by atoms with van der Waals surface area (Å²) in [5.74, 6) is -0.163. The highest BCUT2D eigenvalue weighted by molar-refractivity contribution is 6.05. The van der Waals surface area contributed by atoms with Gasteiger partial charge in [-0.1, -0.05) is 30.3 Å². The minimum atomic E-state index is -0.187. The van der Waals surface area contributed by atoms with Crippen LogP contribution in [0.25, 0.3) is 0 Å². The Labute approximate surface area is 124 Å². The third-order valence-corrected chi connectivity index (χ3v) is 2.94. The standard InChI is InChI=1S/C17H18N2O2/c1-19(2)12-16(20)14-9-6-10-15(11-14)18-17(21)13-7-4-3-5-8-13/h3-11H,12H2,1-2H3,(H,18,21). The molecule has 0 aliphatic heterocycles. The molecule has 4 nitrogen and oxygen atoms in total. The maximum absolute atomic E-state index is 12.1. The Bertz CT molecular complexity index is 636. The first kappa shape index (κ1) is 14.9. The molecule has 0 spiro atoms. The van der Waals surface area contributed by atoms with Crippen molar-refractivity contribution < 1.29 is 9.59 Å². The van der Waals surface area contributed by atoms with Crippen LogP contribution in [-0.4, -0.2) is 37.2 Å². The number of hydrogen-bond donors (Lipinski definition) is 1. The van der Waals surface area contributed by atoms with E-state index in [4.69, 9.17) is 0 Å². The fraction of sp³-hybridized carbons (Fsp3) is 0.176. The van der Waals surface area contributed by atoms with Gasteiger partial charge < -0.3 is 10.2 Å². The number of rotatable bonds is 5. The van der Waals surface area contributed by atoms with Crippen LogP contribution in [0.4, 0.5) is 5.69 Å². The summed E-state index contributed by atoms with van der Waals surface area (Å²) in [7, 11) is 3.69. The number of likely N-dealkylation sites (N-methyl/N-ethyl adjacent to an activating group) is 1. The Morgan fingerprint density at radius 3 is 2.29 bits per heavy atom. The highest BCUT2D eigenvalue weighted by Gasteiger charge is 2.09. The van der Waals surface area contributed by atoms with Crippen molar-refractivity contribution in [2.24, 2.45) is 0 Å². The number of benzene rings is 2. The first-order valence-corrected chi connectivity index (χ1v) is 6.70. The number of carbonyl (C=O) groups excluding carboxylic acids is 2. The van der Waals surface area contributed by atoms with E-state index in [0.29, 0.717) is 23.4 Å². The molecule has 0 unspecified atom stereocenters. The van der Waals surface area contributed by atoms with Crippen LogP contribution >= 0.6 is 0 Å². The number of carbonyl (C=O) groups is 2. The van der Waals surface area contributed by atoms with Crippen molar-refractivity contribution in [2.75, 3.05) is 26.0 Å². The molecule has 0 saturated carbocycles. The lowest BCUT2D eigenvalue weighted by atomic mass is 10.1. The summed E-state index contributed by atoms with van der Waals surface area (Å²) in [4.78, 5) is 25.9. The molecular weight excluding hydrogens is 264 g/mol. The third-order valence-electron chi connectivity index (χ3n) is 2.94. The molecule has 2 aromatic carbocycles. The van der Waals surface area contributed by atoms with Crippen LogP contribution in [0.2, 0.25) is 0 Å². The maximum atomic E-state index is 12.1. The first-order chi connectivity index (χ1) is 10.1. The smallest absolute Gasteiger partial charge is 0.255 e. The summed E-state index contributed by atoms with van der Waals surface area (Å²) in [6, 6.07) is 16.0. The zero-order valence-electron chi connectivity index (χ0n) is 12.2. The van der Waals surface area contributed by atoms with E-state index in [0.717, 1.165) is 0 Å². The van der Waals surface area contributed by atoms with E-state index < -0.39 is 0 Å². The molecule has 2 aromatic rings. The van der Waals surface area contributed by atoms with Crippen molar-refractivity contribution in [3.8, 4) is 0 Å². The van der Waals surface area contributed by atoms with Crippen molar-refractivity contribution in [2.45, 2.75) is 0 Å². The second-order valence-corrected chi connectivity index (χ2v) is 5.06. The summed E-state index contributed by atoms with van der Waals surface area (Å²) in [6.45, 7) is 0.343. The van der Waals surface area contributed by atoms with Gasteiger partial charge in [-0.15, -0.1) is 0 Å². The molecule has 0 radical (unpaired) electrons. The number of amides is 1. The van der Waals surface area contributed by atoms with Gasteiger partial charge in [-0.2, -0.15) is 0 Å². The minimum absolute atomic E-state index is 0.0239. The molecule has 21 heavy (non-hydrogen) atoms. The number of hydrogen-bond acceptors (Lipinski definition) is 3. The quantitative estimate of drug-likeness (QED) is 0.858. The zero-order chi connectivity index (χ0) is 15.2. The molecule has 0 atom stereocenters. The summed E-state index contributed by atoms with van der Waals surface area (Å²) in [5, 5.41) is 2.80. The van der Waals surface area contributed by atoms with Crippen LogP contribution < -0.4 is 5.32 Å². The van der Waals surface area contributed by atoms with Gasteiger partial charge in [0.2, 0.25) is 0 Å². The fourth-order valence-electron chi connectivity index (χ4n) is 1.94. The molecule has 108 valence electrons. The topological polar surface area (TPSA) is 49.4 Å². The van der Waals surface area contributed by atoms with Gasteiger partial charge >= 0.3 is 0 Å². The molecule has 0 aliphatic carbocycles. The molecule has 0 aliphatic rings. The summed E-state index contributed by atoms with van der Waals surface area (Å²) < 4.78 is 0. The monoisotopic (exact) mass is 282 g/mol. The van der Waals surface area contributed by atoms with Crippen LogP contribution in [0.3, 0.4) is 0 Å². The van der Waals surface area contributed by atoms with Gasteiger partial charge in [0.15, 0.2) is 5.78 Å². The van der Waals surface area contributed by atoms with Gasteiger partial charge in [-0.3, -0.25) is 9.59 Å². The van der Waals surface area contributed by atoms with Gasteiger partial charge in [0.25, 0.3) is 5.91 Å². The van der Waals surface area contributed by atoms with E-state index in [2.05, 4.69) is 5.32 Å². The maximum Gasteiger partial charge on any atom is 0.255 e. The molecule has 1 amide bonds. The number of ketones is 1. The predicted molar refractivity (Wildman–Crippen MR) is 83.7 cm³/mol. The summed E-state index contributed by atoms with van der Waals surface area (Å²) in [5.41, 5.74) is 1.80. The molecule has 0 bridgehead atoms. The average Bonchev–Trinajstić information content (AvgIpc) is 2.47. The van der Waals surface area contributed by atoms with Crippen molar-refractivity contribution >= 4 is 17.4 Å². The highest BCUT2D eigenvalue weighted by atomic mass is 16.1. The zero-order valence-corrected chi connectivity index (χ0v) is 12.2. The van der Waals surface area contributed by atoms with Crippen molar-refractivity contribution in [3.63, 3.8) is 0 Å². The highest BCUT2D eigenvalue weighted by Crippen LogP contribution is 2.13. The lowest BCUT2D eigenvalue weighted by Gasteiger charge is -2.10. The lowest BCUT2D eigenvalue weighted by Crippen LogP contribution is -2.21. The van der Waals surface area contributed by atoms with Crippen LogP contribution in [-0.2, 0) is 0 Å². The molecule has 0 fully saturated rings.